The van der Waals surface area contributed by atoms with Crippen LogP contribution in [0.25, 0.3) is 0 Å². The molecule has 1 atom stereocenters. The van der Waals surface area contributed by atoms with E-state index in [-0.39, 0.29) is 11.9 Å². The maximum Gasteiger partial charge on any atom is 0.234 e. The van der Waals surface area contributed by atoms with Crippen LogP contribution in [0, 0.1) is 6.92 Å². The van der Waals surface area contributed by atoms with Crippen molar-refractivity contribution in [3.05, 3.63) is 88.1 Å². The Morgan fingerprint density at radius 3 is 2.52 bits per heavy atom. The number of benzene rings is 2. The van der Waals surface area contributed by atoms with Crippen molar-refractivity contribution in [2.75, 3.05) is 18.8 Å². The minimum absolute atomic E-state index is 0.0250. The highest BCUT2D eigenvalue weighted by Crippen LogP contribution is 2.25. The van der Waals surface area contributed by atoms with Crippen molar-refractivity contribution in [3.8, 4) is 0 Å². The van der Waals surface area contributed by atoms with Gasteiger partial charge in [0.2, 0.25) is 5.91 Å². The molecule has 140 valence electrons. The van der Waals surface area contributed by atoms with Gasteiger partial charge < -0.3 is 5.32 Å². The number of thioether (sulfide) groups is 1. The van der Waals surface area contributed by atoms with Crippen LogP contribution in [0.3, 0.4) is 0 Å². The molecule has 0 fully saturated rings. The minimum Gasteiger partial charge on any atom is -0.354 e. The lowest BCUT2D eigenvalue weighted by Crippen LogP contribution is -2.36. The molecule has 0 radical (unpaired) electrons. The van der Waals surface area contributed by atoms with E-state index in [0.29, 0.717) is 13.1 Å². The fourth-order valence-electron chi connectivity index (χ4n) is 2.73. The highest BCUT2D eigenvalue weighted by molar-refractivity contribution is 7.99. The van der Waals surface area contributed by atoms with Crippen molar-refractivity contribution in [2.24, 2.45) is 0 Å². The summed E-state index contributed by atoms with van der Waals surface area (Å²) < 4.78 is 0. The van der Waals surface area contributed by atoms with Crippen molar-refractivity contribution in [1.29, 1.82) is 0 Å². The number of carbonyl (C=O) groups is 1. The average molecular weight is 397 g/mol. The lowest BCUT2D eigenvalue weighted by atomic mass is 10.1. The first-order valence-electron chi connectivity index (χ1n) is 9.00. The van der Waals surface area contributed by atoms with E-state index in [4.69, 9.17) is 0 Å². The molecule has 3 rings (SSSR count). The Morgan fingerprint density at radius 1 is 1.04 bits per heavy atom. The first-order valence-corrected chi connectivity index (χ1v) is 10.9. The molecule has 0 aliphatic carbocycles. The van der Waals surface area contributed by atoms with Crippen molar-refractivity contribution in [1.82, 2.24) is 10.6 Å². The summed E-state index contributed by atoms with van der Waals surface area (Å²) in [6, 6.07) is 22.9. The second-order valence-electron chi connectivity index (χ2n) is 6.25. The number of hydrogen-bond donors (Lipinski definition) is 2. The van der Waals surface area contributed by atoms with Crippen LogP contribution in [0.4, 0.5) is 0 Å². The summed E-state index contributed by atoms with van der Waals surface area (Å²) in [5.41, 5.74) is 2.43. The molecule has 1 heterocycles. The van der Waals surface area contributed by atoms with E-state index in [1.54, 1.807) is 23.1 Å². The van der Waals surface area contributed by atoms with Gasteiger partial charge in [-0.3, -0.25) is 10.1 Å². The standard InChI is InChI=1S/C22H24N2OS2/c1-17-9-11-19(12-10-17)26-15-13-23-21(25)16-24-22(20-8-5-14-27-20)18-6-3-2-4-7-18/h2-12,14,22,24H,13,15-16H2,1H3,(H,23,25)/t22-/m0/s1. The van der Waals surface area contributed by atoms with Crippen LogP contribution in [0.5, 0.6) is 0 Å². The SMILES string of the molecule is Cc1ccc(SCCNC(=O)CN[C@@H](c2ccccc2)c2cccs2)cc1. The molecule has 0 unspecified atom stereocenters. The third-order valence-corrected chi connectivity index (χ3v) is 6.09. The molecule has 1 aromatic heterocycles. The largest absolute Gasteiger partial charge is 0.354 e. The Bertz CT molecular complexity index is 817. The smallest absolute Gasteiger partial charge is 0.234 e. The first kappa shape index (κ1) is 19.7. The quantitative estimate of drug-likeness (QED) is 0.409. The predicted molar refractivity (Wildman–Crippen MR) is 116 cm³/mol. The van der Waals surface area contributed by atoms with Gasteiger partial charge in [-0.1, -0.05) is 54.1 Å². The molecule has 2 N–H and O–H groups in total. The molecule has 0 aliphatic rings. The molecular formula is C22H24N2OS2. The molecule has 0 aliphatic heterocycles. The second kappa shape index (κ2) is 10.3. The highest BCUT2D eigenvalue weighted by atomic mass is 32.2. The Hall–Kier alpha value is -2.08. The fourth-order valence-corrected chi connectivity index (χ4v) is 4.33. The number of amides is 1. The summed E-state index contributed by atoms with van der Waals surface area (Å²) in [5.74, 6) is 0.888. The predicted octanol–water partition coefficient (Wildman–Crippen LogP) is 4.64. The molecule has 0 saturated carbocycles. The molecule has 3 aromatic rings. The van der Waals surface area contributed by atoms with Gasteiger partial charge >= 0.3 is 0 Å². The van der Waals surface area contributed by atoms with Crippen molar-refractivity contribution < 1.29 is 4.79 Å². The highest BCUT2D eigenvalue weighted by Gasteiger charge is 2.15. The zero-order valence-corrected chi connectivity index (χ0v) is 17.0. The van der Waals surface area contributed by atoms with E-state index >= 15 is 0 Å². The lowest BCUT2D eigenvalue weighted by molar-refractivity contribution is -0.120. The Morgan fingerprint density at radius 2 is 1.81 bits per heavy atom. The van der Waals surface area contributed by atoms with E-state index in [2.05, 4.69) is 65.4 Å². The molecule has 5 heteroatoms. The summed E-state index contributed by atoms with van der Waals surface area (Å²) in [5, 5.41) is 8.46. The third kappa shape index (κ3) is 6.24. The Kier molecular flexibility index (Phi) is 7.51. The van der Waals surface area contributed by atoms with E-state index in [0.717, 1.165) is 5.75 Å². The molecule has 0 spiro atoms. The van der Waals surface area contributed by atoms with Gasteiger partial charge in [0, 0.05) is 22.1 Å². The van der Waals surface area contributed by atoms with E-state index in [9.17, 15) is 4.79 Å². The molecular weight excluding hydrogens is 372 g/mol. The van der Waals surface area contributed by atoms with Crippen LogP contribution in [-0.4, -0.2) is 24.7 Å². The molecule has 2 aromatic carbocycles. The zero-order chi connectivity index (χ0) is 18.9. The molecule has 1 amide bonds. The molecule has 0 bridgehead atoms. The maximum absolute atomic E-state index is 12.2. The van der Waals surface area contributed by atoms with Gasteiger partial charge in [-0.2, -0.15) is 0 Å². The fraction of sp³-hybridized carbons (Fsp3) is 0.227. The van der Waals surface area contributed by atoms with Crippen LogP contribution in [0.1, 0.15) is 22.0 Å². The Labute approximate surface area is 169 Å². The average Bonchev–Trinajstić information content (AvgIpc) is 3.22. The van der Waals surface area contributed by atoms with Gasteiger partial charge in [0.1, 0.15) is 0 Å². The van der Waals surface area contributed by atoms with Gasteiger partial charge in [0.25, 0.3) is 0 Å². The topological polar surface area (TPSA) is 41.1 Å². The molecule has 27 heavy (non-hydrogen) atoms. The van der Waals surface area contributed by atoms with Crippen molar-refractivity contribution >= 4 is 29.0 Å². The van der Waals surface area contributed by atoms with Crippen LogP contribution in [0.15, 0.2) is 77.0 Å². The number of nitrogens with one attached hydrogen (secondary N) is 2. The van der Waals surface area contributed by atoms with Crippen LogP contribution in [0.2, 0.25) is 0 Å². The monoisotopic (exact) mass is 396 g/mol. The maximum atomic E-state index is 12.2. The zero-order valence-electron chi connectivity index (χ0n) is 15.4. The van der Waals surface area contributed by atoms with Gasteiger partial charge in [-0.25, -0.2) is 0 Å². The second-order valence-corrected chi connectivity index (χ2v) is 8.40. The summed E-state index contributed by atoms with van der Waals surface area (Å²) in [7, 11) is 0. The van der Waals surface area contributed by atoms with Gasteiger partial charge in [-0.15, -0.1) is 23.1 Å². The number of aryl methyl sites for hydroxylation is 1. The van der Waals surface area contributed by atoms with Crippen LogP contribution >= 0.6 is 23.1 Å². The number of rotatable bonds is 9. The number of thiophene rings is 1. The summed E-state index contributed by atoms with van der Waals surface area (Å²) in [4.78, 5) is 14.7. The normalized spacial score (nSPS) is 11.9. The third-order valence-electron chi connectivity index (χ3n) is 4.14. The summed E-state index contributed by atoms with van der Waals surface area (Å²) in [6.07, 6.45) is 0. The lowest BCUT2D eigenvalue weighted by Gasteiger charge is -2.18. The van der Waals surface area contributed by atoms with Crippen LogP contribution < -0.4 is 10.6 Å². The molecule has 3 nitrogen and oxygen atoms in total. The number of carbonyl (C=O) groups excluding carboxylic acids is 1. The van der Waals surface area contributed by atoms with Crippen molar-refractivity contribution in [2.45, 2.75) is 17.9 Å². The van der Waals surface area contributed by atoms with Crippen molar-refractivity contribution in [3.63, 3.8) is 0 Å². The van der Waals surface area contributed by atoms with Gasteiger partial charge in [0.05, 0.1) is 12.6 Å². The van der Waals surface area contributed by atoms with Crippen LogP contribution in [-0.2, 0) is 4.79 Å². The van der Waals surface area contributed by atoms with Gasteiger partial charge in [0.15, 0.2) is 0 Å². The first-order chi connectivity index (χ1) is 13.2. The van der Waals surface area contributed by atoms with E-state index in [1.165, 1.54) is 20.9 Å². The van der Waals surface area contributed by atoms with E-state index < -0.39 is 0 Å². The summed E-state index contributed by atoms with van der Waals surface area (Å²) >= 11 is 3.46. The minimum atomic E-state index is 0.0250. The Balaban J connectivity index is 1.44. The summed E-state index contributed by atoms with van der Waals surface area (Å²) in [6.45, 7) is 3.04. The van der Waals surface area contributed by atoms with E-state index in [1.807, 2.05) is 24.3 Å². The molecule has 0 saturated heterocycles. The van der Waals surface area contributed by atoms with Gasteiger partial charge in [-0.05, 0) is 36.1 Å². The number of hydrogen-bond acceptors (Lipinski definition) is 4.